The molecule has 3 rings (SSSR count). The molecule has 0 spiro atoms. The quantitative estimate of drug-likeness (QED) is 0.539. The lowest BCUT2D eigenvalue weighted by Crippen LogP contribution is -2.43. The summed E-state index contributed by atoms with van der Waals surface area (Å²) < 4.78 is 0. The molecular formula is C22H36ClN3O2. The van der Waals surface area contributed by atoms with Crippen LogP contribution in [0.4, 0.5) is 0 Å². The summed E-state index contributed by atoms with van der Waals surface area (Å²) in [5.74, 6) is 0.782. The van der Waals surface area contributed by atoms with Crippen LogP contribution in [0.2, 0.25) is 5.02 Å². The molecule has 6 heteroatoms. The van der Waals surface area contributed by atoms with Gasteiger partial charge in [-0.25, -0.2) is 0 Å². The lowest BCUT2D eigenvalue weighted by Gasteiger charge is -2.45. The smallest absolute Gasteiger partial charge is 0.252 e. The zero-order chi connectivity index (χ0) is 19.1. The second-order valence-electron chi connectivity index (χ2n) is 8.27. The van der Waals surface area contributed by atoms with Crippen LogP contribution in [0.5, 0.6) is 0 Å². The molecule has 0 atom stereocenters. The lowest BCUT2D eigenvalue weighted by molar-refractivity contribution is 0.0681. The number of hydrogen-bond acceptors (Lipinski definition) is 4. The monoisotopic (exact) mass is 409 g/mol. The summed E-state index contributed by atoms with van der Waals surface area (Å²) in [6, 6.07) is 1.83. The van der Waals surface area contributed by atoms with Crippen LogP contribution >= 0.6 is 11.6 Å². The molecule has 0 aliphatic heterocycles. The molecule has 28 heavy (non-hydrogen) atoms. The molecule has 2 aliphatic rings. The first-order chi connectivity index (χ1) is 13.1. The third-order valence-corrected chi connectivity index (χ3v) is 6.52. The van der Waals surface area contributed by atoms with E-state index in [1.165, 1.54) is 44.9 Å². The fourth-order valence-electron chi connectivity index (χ4n) is 4.82. The van der Waals surface area contributed by atoms with Crippen LogP contribution in [0.1, 0.15) is 74.8 Å². The van der Waals surface area contributed by atoms with Gasteiger partial charge in [-0.2, -0.15) is 0 Å². The lowest BCUT2D eigenvalue weighted by atomic mass is 9.62. The summed E-state index contributed by atoms with van der Waals surface area (Å²) in [5.41, 5.74) is 1.71. The number of carbonyl (C=O) groups excluding carboxylic acids is 1. The minimum atomic E-state index is -0.0795. The fourth-order valence-corrected chi connectivity index (χ4v) is 5.01. The summed E-state index contributed by atoms with van der Waals surface area (Å²) >= 11 is 6.25. The number of rotatable bonds is 9. The van der Waals surface area contributed by atoms with Gasteiger partial charge in [0, 0.05) is 25.0 Å². The minimum Gasteiger partial charge on any atom is -0.395 e. The number of amides is 1. The predicted molar refractivity (Wildman–Crippen MR) is 115 cm³/mol. The Balaban J connectivity index is 0.00000280. The van der Waals surface area contributed by atoms with Crippen LogP contribution < -0.4 is 10.6 Å². The minimum absolute atomic E-state index is 0. The van der Waals surface area contributed by atoms with E-state index in [0.717, 1.165) is 37.5 Å². The molecule has 2 saturated carbocycles. The third-order valence-electron chi connectivity index (χ3n) is 6.22. The zero-order valence-electron chi connectivity index (χ0n) is 16.1. The first-order valence-electron chi connectivity index (χ1n) is 10.4. The van der Waals surface area contributed by atoms with E-state index in [0.29, 0.717) is 22.5 Å². The van der Waals surface area contributed by atoms with Crippen molar-refractivity contribution >= 4 is 17.5 Å². The maximum absolute atomic E-state index is 12.8. The van der Waals surface area contributed by atoms with Gasteiger partial charge >= 0.3 is 0 Å². The average Bonchev–Trinajstić information content (AvgIpc) is 2.67. The molecule has 0 radical (unpaired) electrons. The van der Waals surface area contributed by atoms with Gasteiger partial charge in [0.1, 0.15) is 0 Å². The highest BCUT2D eigenvalue weighted by molar-refractivity contribution is 6.33. The van der Waals surface area contributed by atoms with Gasteiger partial charge in [0.2, 0.25) is 0 Å². The molecule has 1 aromatic heterocycles. The van der Waals surface area contributed by atoms with Crippen molar-refractivity contribution in [1.82, 2.24) is 15.6 Å². The van der Waals surface area contributed by atoms with Crippen molar-refractivity contribution in [2.24, 2.45) is 11.3 Å². The van der Waals surface area contributed by atoms with Crippen molar-refractivity contribution in [3.8, 4) is 0 Å². The average molecular weight is 410 g/mol. The Hall–Kier alpha value is -1.17. The summed E-state index contributed by atoms with van der Waals surface area (Å²) in [5, 5.41) is 15.5. The molecule has 0 saturated heterocycles. The van der Waals surface area contributed by atoms with Crippen molar-refractivity contribution in [3.05, 3.63) is 28.5 Å². The number of halogens is 1. The van der Waals surface area contributed by atoms with Gasteiger partial charge in [0.05, 0.1) is 17.2 Å². The number of aliphatic hydroxyl groups is 1. The number of nitrogens with zero attached hydrogens (tertiary/aromatic N) is 1. The molecule has 1 aromatic rings. The molecule has 1 heterocycles. The number of pyridine rings is 1. The third kappa shape index (κ3) is 6.16. The fraction of sp³-hybridized carbons (Fsp3) is 0.727. The van der Waals surface area contributed by atoms with E-state index >= 15 is 0 Å². The SMILES string of the molecule is C.O=C(NCC12CCCC(CCC1)C2)c1cc(CCCNCCO)ncc1Cl. The van der Waals surface area contributed by atoms with E-state index in [1.807, 2.05) is 6.07 Å². The summed E-state index contributed by atoms with van der Waals surface area (Å²) in [6.45, 7) is 2.33. The van der Waals surface area contributed by atoms with E-state index in [1.54, 1.807) is 6.20 Å². The highest BCUT2D eigenvalue weighted by Gasteiger charge is 2.39. The highest BCUT2D eigenvalue weighted by atomic mass is 35.5. The Kier molecular flexibility index (Phi) is 9.19. The Morgan fingerprint density at radius 3 is 2.75 bits per heavy atom. The van der Waals surface area contributed by atoms with Crippen molar-refractivity contribution in [2.45, 2.75) is 65.2 Å². The molecular weight excluding hydrogens is 374 g/mol. The van der Waals surface area contributed by atoms with E-state index in [9.17, 15) is 4.79 Å². The zero-order valence-corrected chi connectivity index (χ0v) is 16.9. The Bertz CT molecular complexity index is 628. The number of fused-ring (bicyclic) bond motifs is 2. The van der Waals surface area contributed by atoms with Gasteiger partial charge < -0.3 is 15.7 Å². The van der Waals surface area contributed by atoms with Crippen LogP contribution in [-0.2, 0) is 6.42 Å². The molecule has 3 N–H and O–H groups in total. The highest BCUT2D eigenvalue weighted by Crippen LogP contribution is 2.48. The second kappa shape index (κ2) is 11.1. The van der Waals surface area contributed by atoms with Crippen LogP contribution in [0, 0.1) is 11.3 Å². The molecule has 1 amide bonds. The van der Waals surface area contributed by atoms with E-state index in [-0.39, 0.29) is 19.9 Å². The van der Waals surface area contributed by atoms with Crippen LogP contribution in [0.15, 0.2) is 12.3 Å². The standard InChI is InChI=1S/C21H32ClN3O2.CH4/c22-19-14-24-17(6-3-9-23-10-11-26)12-18(19)20(27)25-15-21-7-1-4-16(13-21)5-2-8-21;/h12,14,16,23,26H,1-11,13,15H2,(H,25,27);1H4. The molecule has 0 unspecified atom stereocenters. The number of carbonyl (C=O) groups is 1. The van der Waals surface area contributed by atoms with Crippen LogP contribution in [0.3, 0.4) is 0 Å². The van der Waals surface area contributed by atoms with Crippen molar-refractivity contribution < 1.29 is 9.90 Å². The molecule has 2 aliphatic carbocycles. The van der Waals surface area contributed by atoms with Crippen molar-refractivity contribution in [3.63, 3.8) is 0 Å². The second-order valence-corrected chi connectivity index (χ2v) is 8.68. The molecule has 5 nitrogen and oxygen atoms in total. The van der Waals surface area contributed by atoms with Gasteiger partial charge in [0.15, 0.2) is 0 Å². The topological polar surface area (TPSA) is 74.2 Å². The molecule has 2 fully saturated rings. The number of aryl methyl sites for hydroxylation is 1. The van der Waals surface area contributed by atoms with E-state index in [2.05, 4.69) is 15.6 Å². The first-order valence-corrected chi connectivity index (χ1v) is 10.7. The molecule has 2 bridgehead atoms. The number of hydrogen-bond donors (Lipinski definition) is 3. The van der Waals surface area contributed by atoms with Crippen molar-refractivity contribution in [2.75, 3.05) is 26.2 Å². The van der Waals surface area contributed by atoms with Gasteiger partial charge in [-0.3, -0.25) is 9.78 Å². The Labute approximate surface area is 174 Å². The predicted octanol–water partition coefficient (Wildman–Crippen LogP) is 3.98. The number of aliphatic hydroxyl groups excluding tert-OH is 1. The molecule has 158 valence electrons. The van der Waals surface area contributed by atoms with Gasteiger partial charge in [-0.1, -0.05) is 44.7 Å². The number of aromatic nitrogens is 1. The molecule has 0 aromatic carbocycles. The van der Waals surface area contributed by atoms with E-state index in [4.69, 9.17) is 16.7 Å². The van der Waals surface area contributed by atoms with Crippen LogP contribution in [0.25, 0.3) is 0 Å². The number of nitrogens with one attached hydrogen (secondary N) is 2. The maximum atomic E-state index is 12.8. The first kappa shape index (κ1) is 23.1. The van der Waals surface area contributed by atoms with Crippen LogP contribution in [-0.4, -0.2) is 42.2 Å². The van der Waals surface area contributed by atoms with Gasteiger partial charge in [0.25, 0.3) is 5.91 Å². The largest absolute Gasteiger partial charge is 0.395 e. The summed E-state index contributed by atoms with van der Waals surface area (Å²) in [6.07, 6.45) is 12.3. The van der Waals surface area contributed by atoms with Gasteiger partial charge in [-0.05, 0) is 56.0 Å². The maximum Gasteiger partial charge on any atom is 0.252 e. The normalized spacial score (nSPS) is 23.7. The Morgan fingerprint density at radius 2 is 2.04 bits per heavy atom. The Morgan fingerprint density at radius 1 is 1.29 bits per heavy atom. The van der Waals surface area contributed by atoms with Crippen molar-refractivity contribution in [1.29, 1.82) is 0 Å². The van der Waals surface area contributed by atoms with Gasteiger partial charge in [-0.15, -0.1) is 0 Å². The summed E-state index contributed by atoms with van der Waals surface area (Å²) in [4.78, 5) is 17.1. The van der Waals surface area contributed by atoms with E-state index < -0.39 is 0 Å². The summed E-state index contributed by atoms with van der Waals surface area (Å²) in [7, 11) is 0.